The Morgan fingerprint density at radius 1 is 1.00 bits per heavy atom. The van der Waals surface area contributed by atoms with Crippen molar-refractivity contribution in [3.8, 4) is 17.1 Å². The van der Waals surface area contributed by atoms with Crippen LogP contribution in [0.3, 0.4) is 0 Å². The summed E-state index contributed by atoms with van der Waals surface area (Å²) >= 11 is 0. The first-order valence-corrected chi connectivity index (χ1v) is 12.7. The molecule has 0 atom stereocenters. The standard InChI is InChI=1S/C30H32N4O3/c1-36-28-13-7-22(8-14-28)19-30(35)32-25-9-11-27(12-10-25)34-17-15-24(16-18-34)31-21-26-20-29(37-33-26)23-5-3-2-4-6-23/h2-14,20,24,31H,15-19,21H2,1H3,(H,32,35). The van der Waals surface area contributed by atoms with Crippen LogP contribution in [0.15, 0.2) is 89.5 Å². The van der Waals surface area contributed by atoms with E-state index < -0.39 is 0 Å². The SMILES string of the molecule is COc1ccc(CC(=O)Nc2ccc(N3CCC(NCc4cc(-c5ccccc5)on4)CC3)cc2)cc1. The molecule has 1 aliphatic heterocycles. The van der Waals surface area contributed by atoms with Crippen LogP contribution in [-0.4, -0.2) is 37.3 Å². The van der Waals surface area contributed by atoms with Crippen LogP contribution >= 0.6 is 0 Å². The minimum absolute atomic E-state index is 0.0344. The summed E-state index contributed by atoms with van der Waals surface area (Å²) < 4.78 is 10.7. The van der Waals surface area contributed by atoms with E-state index in [-0.39, 0.29) is 5.91 Å². The van der Waals surface area contributed by atoms with Crippen molar-refractivity contribution in [1.82, 2.24) is 10.5 Å². The van der Waals surface area contributed by atoms with Crippen molar-refractivity contribution in [2.45, 2.75) is 31.8 Å². The van der Waals surface area contributed by atoms with Gasteiger partial charge in [0, 0.05) is 48.7 Å². The quantitative estimate of drug-likeness (QED) is 0.328. The molecule has 7 heteroatoms. The van der Waals surface area contributed by atoms with Gasteiger partial charge in [-0.15, -0.1) is 0 Å². The maximum atomic E-state index is 12.4. The van der Waals surface area contributed by atoms with Gasteiger partial charge in [0.05, 0.1) is 19.2 Å². The van der Waals surface area contributed by atoms with Crippen LogP contribution < -0.4 is 20.3 Å². The number of carbonyl (C=O) groups excluding carboxylic acids is 1. The van der Waals surface area contributed by atoms with Crippen molar-refractivity contribution in [3.05, 3.63) is 96.2 Å². The van der Waals surface area contributed by atoms with Crippen molar-refractivity contribution in [2.75, 3.05) is 30.4 Å². The molecule has 0 saturated carbocycles. The Hall–Kier alpha value is -4.10. The minimum Gasteiger partial charge on any atom is -0.497 e. The molecule has 0 bridgehead atoms. The van der Waals surface area contributed by atoms with Gasteiger partial charge in [-0.1, -0.05) is 47.6 Å². The van der Waals surface area contributed by atoms with Gasteiger partial charge >= 0.3 is 0 Å². The summed E-state index contributed by atoms with van der Waals surface area (Å²) in [5.41, 5.74) is 4.90. The average molecular weight is 497 g/mol. The van der Waals surface area contributed by atoms with Crippen LogP contribution in [0.2, 0.25) is 0 Å². The van der Waals surface area contributed by atoms with Gasteiger partial charge in [0.1, 0.15) is 5.75 Å². The highest BCUT2D eigenvalue weighted by atomic mass is 16.5. The largest absolute Gasteiger partial charge is 0.497 e. The summed E-state index contributed by atoms with van der Waals surface area (Å²) in [5, 5.41) is 10.8. The van der Waals surface area contributed by atoms with E-state index in [1.54, 1.807) is 7.11 Å². The number of amides is 1. The third-order valence-corrected chi connectivity index (χ3v) is 6.72. The lowest BCUT2D eigenvalue weighted by Gasteiger charge is -2.34. The number of aromatic nitrogens is 1. The smallest absolute Gasteiger partial charge is 0.228 e. The van der Waals surface area contributed by atoms with Crippen LogP contribution in [0.4, 0.5) is 11.4 Å². The van der Waals surface area contributed by atoms with Gasteiger partial charge in [-0.2, -0.15) is 0 Å². The number of ether oxygens (including phenoxy) is 1. The number of anilines is 2. The first kappa shape index (κ1) is 24.6. The third-order valence-electron chi connectivity index (χ3n) is 6.72. The van der Waals surface area contributed by atoms with E-state index in [4.69, 9.17) is 9.26 Å². The highest BCUT2D eigenvalue weighted by Crippen LogP contribution is 2.23. The van der Waals surface area contributed by atoms with E-state index in [2.05, 4.69) is 32.8 Å². The average Bonchev–Trinajstić information content (AvgIpc) is 3.43. The Bertz CT molecular complexity index is 1280. The predicted octanol–water partition coefficient (Wildman–Crippen LogP) is 5.29. The van der Waals surface area contributed by atoms with Crippen LogP contribution in [0.1, 0.15) is 24.1 Å². The van der Waals surface area contributed by atoms with Gasteiger partial charge in [0.15, 0.2) is 5.76 Å². The highest BCUT2D eigenvalue weighted by Gasteiger charge is 2.20. The van der Waals surface area contributed by atoms with E-state index in [0.29, 0.717) is 19.0 Å². The lowest BCUT2D eigenvalue weighted by Crippen LogP contribution is -2.42. The molecule has 7 nitrogen and oxygen atoms in total. The minimum atomic E-state index is -0.0344. The molecule has 1 aromatic heterocycles. The molecule has 2 N–H and O–H groups in total. The van der Waals surface area contributed by atoms with Crippen molar-refractivity contribution in [3.63, 3.8) is 0 Å². The molecule has 190 valence electrons. The summed E-state index contributed by atoms with van der Waals surface area (Å²) in [4.78, 5) is 14.8. The normalized spacial score (nSPS) is 13.9. The molecule has 3 aromatic carbocycles. The summed E-state index contributed by atoms with van der Waals surface area (Å²) in [5.74, 6) is 1.55. The second-order valence-electron chi connectivity index (χ2n) is 9.31. The Kier molecular flexibility index (Phi) is 7.81. The molecule has 0 aliphatic carbocycles. The molecule has 2 heterocycles. The maximum Gasteiger partial charge on any atom is 0.228 e. The van der Waals surface area contributed by atoms with Crippen LogP contribution in [0.5, 0.6) is 5.75 Å². The lowest BCUT2D eigenvalue weighted by atomic mass is 10.0. The highest BCUT2D eigenvalue weighted by molar-refractivity contribution is 5.92. The second kappa shape index (κ2) is 11.8. The fourth-order valence-corrected chi connectivity index (χ4v) is 4.61. The number of hydrogen-bond acceptors (Lipinski definition) is 6. The van der Waals surface area contributed by atoms with Crippen molar-refractivity contribution in [2.24, 2.45) is 0 Å². The van der Waals surface area contributed by atoms with Crippen molar-refractivity contribution in [1.29, 1.82) is 0 Å². The molecule has 1 saturated heterocycles. The van der Waals surface area contributed by atoms with Gasteiger partial charge in [0.25, 0.3) is 0 Å². The second-order valence-corrected chi connectivity index (χ2v) is 9.31. The Morgan fingerprint density at radius 3 is 2.43 bits per heavy atom. The van der Waals surface area contributed by atoms with E-state index >= 15 is 0 Å². The van der Waals surface area contributed by atoms with Gasteiger partial charge in [-0.3, -0.25) is 4.79 Å². The van der Waals surface area contributed by atoms with Crippen molar-refractivity contribution < 1.29 is 14.1 Å². The zero-order chi connectivity index (χ0) is 25.5. The molecule has 4 aromatic rings. The van der Waals surface area contributed by atoms with E-state index in [0.717, 1.165) is 59.9 Å². The van der Waals surface area contributed by atoms with E-state index in [9.17, 15) is 4.79 Å². The zero-order valence-electron chi connectivity index (χ0n) is 21.0. The Balaban J connectivity index is 1.06. The summed E-state index contributed by atoms with van der Waals surface area (Å²) in [6, 6.07) is 28.2. The van der Waals surface area contributed by atoms with E-state index in [1.165, 1.54) is 5.69 Å². The molecule has 1 aliphatic rings. The molecule has 1 amide bonds. The Morgan fingerprint density at radius 2 is 1.73 bits per heavy atom. The number of benzene rings is 3. The maximum absolute atomic E-state index is 12.4. The lowest BCUT2D eigenvalue weighted by molar-refractivity contribution is -0.115. The number of nitrogens with zero attached hydrogens (tertiary/aromatic N) is 2. The molecule has 1 fully saturated rings. The number of piperidine rings is 1. The molecule has 0 spiro atoms. The molecule has 5 rings (SSSR count). The number of carbonyl (C=O) groups is 1. The number of hydrogen-bond donors (Lipinski definition) is 2. The fraction of sp³-hybridized carbons (Fsp3) is 0.267. The number of rotatable bonds is 9. The van der Waals surface area contributed by atoms with E-state index in [1.807, 2.05) is 72.8 Å². The first-order chi connectivity index (χ1) is 18.2. The summed E-state index contributed by atoms with van der Waals surface area (Å²) in [6.45, 7) is 2.66. The van der Waals surface area contributed by atoms with Crippen LogP contribution in [-0.2, 0) is 17.8 Å². The topological polar surface area (TPSA) is 79.6 Å². The number of methoxy groups -OCH3 is 1. The van der Waals surface area contributed by atoms with Crippen LogP contribution in [0, 0.1) is 0 Å². The molecular weight excluding hydrogens is 464 g/mol. The third kappa shape index (κ3) is 6.57. The zero-order valence-corrected chi connectivity index (χ0v) is 21.0. The van der Waals surface area contributed by atoms with Gasteiger partial charge in [-0.05, 0) is 54.8 Å². The monoisotopic (exact) mass is 496 g/mol. The molecule has 0 unspecified atom stereocenters. The first-order valence-electron chi connectivity index (χ1n) is 12.7. The summed E-state index contributed by atoms with van der Waals surface area (Å²) in [6.07, 6.45) is 2.45. The Labute approximate surface area is 217 Å². The van der Waals surface area contributed by atoms with Crippen molar-refractivity contribution >= 4 is 17.3 Å². The molecule has 37 heavy (non-hydrogen) atoms. The fourth-order valence-electron chi connectivity index (χ4n) is 4.61. The number of nitrogens with one attached hydrogen (secondary N) is 2. The van der Waals surface area contributed by atoms with Gasteiger partial charge in [0.2, 0.25) is 5.91 Å². The molecular formula is C30H32N4O3. The van der Waals surface area contributed by atoms with Gasteiger partial charge < -0.3 is 24.8 Å². The molecule has 0 radical (unpaired) electrons. The van der Waals surface area contributed by atoms with Gasteiger partial charge in [-0.25, -0.2) is 0 Å². The van der Waals surface area contributed by atoms with Crippen LogP contribution in [0.25, 0.3) is 11.3 Å². The predicted molar refractivity (Wildman–Crippen MR) is 146 cm³/mol. The summed E-state index contributed by atoms with van der Waals surface area (Å²) in [7, 11) is 1.63.